The lowest BCUT2D eigenvalue weighted by atomic mass is 10.2. The summed E-state index contributed by atoms with van der Waals surface area (Å²) in [6.07, 6.45) is 3.01. The van der Waals surface area contributed by atoms with Gasteiger partial charge in [-0.3, -0.25) is 4.79 Å². The van der Waals surface area contributed by atoms with Crippen molar-refractivity contribution in [1.82, 2.24) is 14.8 Å². The number of nitriles is 1. The van der Waals surface area contributed by atoms with Crippen molar-refractivity contribution in [3.05, 3.63) is 35.3 Å². The van der Waals surface area contributed by atoms with Gasteiger partial charge in [-0.15, -0.1) is 0 Å². The summed E-state index contributed by atoms with van der Waals surface area (Å²) < 4.78 is 6.23. The van der Waals surface area contributed by atoms with Gasteiger partial charge in [0, 0.05) is 12.3 Å². The highest BCUT2D eigenvalue weighted by Crippen LogP contribution is 2.20. The van der Waals surface area contributed by atoms with Gasteiger partial charge in [-0.25, -0.2) is 14.5 Å². The van der Waals surface area contributed by atoms with Crippen molar-refractivity contribution in [2.75, 3.05) is 7.11 Å². The van der Waals surface area contributed by atoms with Crippen LogP contribution in [0.2, 0.25) is 0 Å². The standard InChI is InChI=1S/C12H9N5O4/c1-20-9-2-10(15-4-7(9)3-13)17-5-8(6-18)11(16-17)12(19)21-14/h2,4-6H,14H2,1H3. The quantitative estimate of drug-likeness (QED) is 0.613. The third-order valence-electron chi connectivity index (χ3n) is 2.60. The van der Waals surface area contributed by atoms with Crippen molar-refractivity contribution in [3.8, 4) is 17.6 Å². The van der Waals surface area contributed by atoms with E-state index in [0.717, 1.165) is 0 Å². The Morgan fingerprint density at radius 3 is 2.90 bits per heavy atom. The summed E-state index contributed by atoms with van der Waals surface area (Å²) in [5.41, 5.74) is -0.00110. The lowest BCUT2D eigenvalue weighted by Gasteiger charge is -2.05. The molecule has 0 atom stereocenters. The summed E-state index contributed by atoms with van der Waals surface area (Å²) in [4.78, 5) is 30.4. The Balaban J connectivity index is 2.52. The Labute approximate surface area is 118 Å². The van der Waals surface area contributed by atoms with Gasteiger partial charge < -0.3 is 9.57 Å². The van der Waals surface area contributed by atoms with Crippen LogP contribution >= 0.6 is 0 Å². The molecule has 0 aliphatic heterocycles. The lowest BCUT2D eigenvalue weighted by molar-refractivity contribution is 0.0494. The number of aldehydes is 1. The van der Waals surface area contributed by atoms with Crippen LogP contribution in [0.1, 0.15) is 26.4 Å². The molecular weight excluding hydrogens is 278 g/mol. The van der Waals surface area contributed by atoms with E-state index in [1.807, 2.05) is 6.07 Å². The molecule has 0 saturated carbocycles. The second-order valence-electron chi connectivity index (χ2n) is 3.76. The fourth-order valence-corrected chi connectivity index (χ4v) is 1.61. The van der Waals surface area contributed by atoms with Crippen LogP contribution in [0.4, 0.5) is 0 Å². The van der Waals surface area contributed by atoms with E-state index in [2.05, 4.69) is 14.9 Å². The first-order valence-electron chi connectivity index (χ1n) is 5.55. The third kappa shape index (κ3) is 2.56. The van der Waals surface area contributed by atoms with Gasteiger partial charge in [0.25, 0.3) is 0 Å². The van der Waals surface area contributed by atoms with Crippen LogP contribution in [0, 0.1) is 11.3 Å². The van der Waals surface area contributed by atoms with E-state index in [1.165, 1.54) is 30.3 Å². The molecule has 0 bridgehead atoms. The fourth-order valence-electron chi connectivity index (χ4n) is 1.61. The van der Waals surface area contributed by atoms with Gasteiger partial charge >= 0.3 is 5.97 Å². The molecule has 0 aliphatic rings. The zero-order valence-corrected chi connectivity index (χ0v) is 10.8. The molecule has 0 aliphatic carbocycles. The smallest absolute Gasteiger partial charge is 0.378 e. The van der Waals surface area contributed by atoms with E-state index in [4.69, 9.17) is 15.9 Å². The SMILES string of the molecule is COc1cc(-n2cc(C=O)c(C(=O)ON)n2)ncc1C#N. The summed E-state index contributed by atoms with van der Waals surface area (Å²) in [5, 5.41) is 12.8. The molecule has 2 rings (SSSR count). The minimum Gasteiger partial charge on any atom is -0.495 e. The minimum atomic E-state index is -0.948. The van der Waals surface area contributed by atoms with Crippen molar-refractivity contribution >= 4 is 12.3 Å². The third-order valence-corrected chi connectivity index (χ3v) is 2.60. The number of hydrogen-bond acceptors (Lipinski definition) is 8. The number of nitrogens with two attached hydrogens (primary N) is 1. The molecule has 21 heavy (non-hydrogen) atoms. The number of carbonyl (C=O) groups is 2. The summed E-state index contributed by atoms with van der Waals surface area (Å²) in [5.74, 6) is 4.37. The number of rotatable bonds is 4. The van der Waals surface area contributed by atoms with Crippen LogP contribution in [0.25, 0.3) is 5.82 Å². The molecule has 106 valence electrons. The molecule has 0 amide bonds. The zero-order chi connectivity index (χ0) is 15.4. The van der Waals surface area contributed by atoms with Gasteiger partial charge in [-0.1, -0.05) is 0 Å². The molecule has 0 fully saturated rings. The molecule has 9 nitrogen and oxygen atoms in total. The number of hydrogen-bond donors (Lipinski definition) is 1. The van der Waals surface area contributed by atoms with Crippen LogP contribution in [-0.4, -0.2) is 34.1 Å². The van der Waals surface area contributed by atoms with Crippen molar-refractivity contribution in [1.29, 1.82) is 5.26 Å². The first kappa shape index (κ1) is 14.2. The normalized spacial score (nSPS) is 9.76. The number of ether oxygens (including phenoxy) is 1. The molecule has 2 aromatic heterocycles. The summed E-state index contributed by atoms with van der Waals surface area (Å²) in [6, 6.07) is 3.36. The van der Waals surface area contributed by atoms with E-state index in [-0.39, 0.29) is 28.4 Å². The second-order valence-corrected chi connectivity index (χ2v) is 3.76. The minimum absolute atomic E-state index is 0.00410. The average molecular weight is 287 g/mol. The molecular formula is C12H9N5O4. The zero-order valence-electron chi connectivity index (χ0n) is 10.8. The van der Waals surface area contributed by atoms with Gasteiger partial charge in [0.05, 0.1) is 18.9 Å². The predicted octanol–water partition coefficient (Wildman–Crippen LogP) is -0.00942. The molecule has 0 saturated heterocycles. The van der Waals surface area contributed by atoms with Crippen LogP contribution < -0.4 is 10.6 Å². The molecule has 0 spiro atoms. The molecule has 0 radical (unpaired) electrons. The van der Waals surface area contributed by atoms with Crippen LogP contribution in [0.3, 0.4) is 0 Å². The Hall–Kier alpha value is -3.25. The number of pyridine rings is 1. The van der Waals surface area contributed by atoms with Crippen molar-refractivity contribution in [2.24, 2.45) is 5.90 Å². The Morgan fingerprint density at radius 1 is 1.57 bits per heavy atom. The van der Waals surface area contributed by atoms with Gasteiger partial charge in [0.1, 0.15) is 17.4 Å². The highest BCUT2D eigenvalue weighted by Gasteiger charge is 2.19. The van der Waals surface area contributed by atoms with Gasteiger partial charge in [0.2, 0.25) is 0 Å². The molecule has 0 unspecified atom stereocenters. The first-order valence-corrected chi connectivity index (χ1v) is 5.55. The van der Waals surface area contributed by atoms with Gasteiger partial charge in [0.15, 0.2) is 17.8 Å². The number of nitrogens with zero attached hydrogens (tertiary/aromatic N) is 4. The number of aromatic nitrogens is 3. The second kappa shape index (κ2) is 5.81. The highest BCUT2D eigenvalue weighted by atomic mass is 16.7. The predicted molar refractivity (Wildman–Crippen MR) is 67.6 cm³/mol. The Kier molecular flexibility index (Phi) is 3.92. The topological polar surface area (TPSA) is 133 Å². The maximum atomic E-state index is 11.4. The van der Waals surface area contributed by atoms with E-state index in [0.29, 0.717) is 6.29 Å². The molecule has 2 aromatic rings. The summed E-state index contributed by atoms with van der Waals surface area (Å²) in [7, 11) is 1.40. The van der Waals surface area contributed by atoms with E-state index < -0.39 is 5.97 Å². The molecule has 2 heterocycles. The number of methoxy groups -OCH3 is 1. The van der Waals surface area contributed by atoms with Crippen molar-refractivity contribution in [2.45, 2.75) is 0 Å². The maximum Gasteiger partial charge on any atom is 0.378 e. The van der Waals surface area contributed by atoms with Crippen LogP contribution in [-0.2, 0) is 4.84 Å². The fraction of sp³-hybridized carbons (Fsp3) is 0.0833. The van der Waals surface area contributed by atoms with Gasteiger partial charge in [-0.05, 0) is 0 Å². The molecule has 9 heteroatoms. The first-order chi connectivity index (χ1) is 10.1. The average Bonchev–Trinajstić information content (AvgIpc) is 2.97. The monoisotopic (exact) mass is 287 g/mol. The highest BCUT2D eigenvalue weighted by molar-refractivity contribution is 5.96. The van der Waals surface area contributed by atoms with Crippen LogP contribution in [0.15, 0.2) is 18.5 Å². The van der Waals surface area contributed by atoms with E-state index in [9.17, 15) is 9.59 Å². The Morgan fingerprint density at radius 2 is 2.33 bits per heavy atom. The van der Waals surface area contributed by atoms with E-state index >= 15 is 0 Å². The summed E-state index contributed by atoms with van der Waals surface area (Å²) in [6.45, 7) is 0. The van der Waals surface area contributed by atoms with E-state index in [1.54, 1.807) is 0 Å². The molecule has 0 aromatic carbocycles. The van der Waals surface area contributed by atoms with Crippen LogP contribution in [0.5, 0.6) is 5.75 Å². The lowest BCUT2D eigenvalue weighted by Crippen LogP contribution is -2.13. The Bertz CT molecular complexity index is 747. The number of carbonyl (C=O) groups excluding carboxylic acids is 2. The van der Waals surface area contributed by atoms with Crippen molar-refractivity contribution in [3.63, 3.8) is 0 Å². The molecule has 2 N–H and O–H groups in total. The largest absolute Gasteiger partial charge is 0.495 e. The van der Waals surface area contributed by atoms with Crippen molar-refractivity contribution < 1.29 is 19.2 Å². The summed E-state index contributed by atoms with van der Waals surface area (Å²) >= 11 is 0. The van der Waals surface area contributed by atoms with Gasteiger partial charge in [-0.2, -0.15) is 16.3 Å². The maximum absolute atomic E-state index is 11.4.